The number of benzene rings is 2. The molecule has 5 unspecified atom stereocenters. The minimum absolute atomic E-state index is 0.122. The molecule has 4 aromatic rings. The number of hydrogen-bond acceptors (Lipinski definition) is 15. The van der Waals surface area contributed by atoms with Crippen LogP contribution in [0.5, 0.6) is 0 Å². The average Bonchev–Trinajstić information content (AvgIpc) is 3.27. The summed E-state index contributed by atoms with van der Waals surface area (Å²) in [7, 11) is -1.53. The molecule has 0 aliphatic carbocycles. The third-order valence-corrected chi connectivity index (χ3v) is 11.7. The summed E-state index contributed by atoms with van der Waals surface area (Å²) in [4.78, 5) is 76.7. The van der Waals surface area contributed by atoms with Gasteiger partial charge in [-0.1, -0.05) is 50.2 Å². The van der Waals surface area contributed by atoms with E-state index in [1.807, 2.05) is 48.5 Å². The highest BCUT2D eigenvalue weighted by atomic mass is 31.2. The first kappa shape index (κ1) is 53.8. The van der Waals surface area contributed by atoms with Gasteiger partial charge in [0.15, 0.2) is 12.5 Å². The number of aromatic nitrogens is 4. The Morgan fingerprint density at radius 2 is 1.14 bits per heavy atom. The van der Waals surface area contributed by atoms with Crippen LogP contribution in [0, 0.1) is 11.3 Å². The fraction of sp³-hybridized carbons (Fsp3) is 0.489. The Bertz CT molecular complexity index is 2320. The molecule has 0 spiro atoms. The number of nitriles is 1. The molecule has 0 saturated heterocycles. The van der Waals surface area contributed by atoms with Crippen molar-refractivity contribution in [3.63, 3.8) is 0 Å². The van der Waals surface area contributed by atoms with Gasteiger partial charge in [0, 0.05) is 36.6 Å². The van der Waals surface area contributed by atoms with Gasteiger partial charge >= 0.3 is 23.3 Å². The van der Waals surface area contributed by atoms with E-state index in [0.717, 1.165) is 4.57 Å². The Kier molecular flexibility index (Phi) is 22.9. The highest BCUT2D eigenvalue weighted by Gasteiger charge is 2.33. The van der Waals surface area contributed by atoms with Gasteiger partial charge < -0.3 is 33.1 Å². The zero-order chi connectivity index (χ0) is 48.1. The first-order chi connectivity index (χ1) is 31.0. The van der Waals surface area contributed by atoms with Crippen LogP contribution in [0.1, 0.15) is 108 Å². The molecule has 65 heavy (non-hydrogen) atoms. The largest absolute Gasteiger partial charge is 0.457 e. The molecule has 2 heterocycles. The minimum Gasteiger partial charge on any atom is -0.457 e. The number of hydrogen-bond donors (Lipinski definition) is 3. The number of nitrogens with zero attached hydrogens (tertiary/aromatic N) is 4. The molecule has 20 heteroatoms. The first-order valence-electron chi connectivity index (χ1n) is 21.3. The Morgan fingerprint density at radius 3 is 1.51 bits per heavy atom. The number of esters is 2. The van der Waals surface area contributed by atoms with E-state index >= 15 is 0 Å². The second-order valence-corrected chi connectivity index (χ2v) is 16.5. The fourth-order valence-corrected chi connectivity index (χ4v) is 8.01. The van der Waals surface area contributed by atoms with Crippen LogP contribution in [-0.2, 0) is 28.0 Å². The minimum atomic E-state index is -1.53. The number of rotatable bonds is 24. The Hall–Kier alpha value is -5.58. The number of ether oxygens (including phenoxy) is 4. The maximum atomic E-state index is 12.6. The van der Waals surface area contributed by atoms with E-state index in [0.29, 0.717) is 24.0 Å². The zero-order valence-corrected chi connectivity index (χ0v) is 38.9. The summed E-state index contributed by atoms with van der Waals surface area (Å²) < 4.78 is 39.6. The fourth-order valence-electron chi connectivity index (χ4n) is 6.29. The second kappa shape index (κ2) is 27.7. The van der Waals surface area contributed by atoms with Crippen LogP contribution in [-0.4, -0.2) is 97.1 Å². The second-order valence-electron chi connectivity index (χ2n) is 15.1. The van der Waals surface area contributed by atoms with Gasteiger partial charge in [-0.25, -0.2) is 23.8 Å². The monoisotopic (exact) mass is 924 g/mol. The molecule has 0 aliphatic heterocycles. The number of aliphatic hydroxyl groups excluding tert-OH is 1. The van der Waals surface area contributed by atoms with Gasteiger partial charge in [0.05, 0.1) is 54.6 Å². The highest BCUT2D eigenvalue weighted by Crippen LogP contribution is 2.47. The number of aromatic amines is 2. The van der Waals surface area contributed by atoms with Crippen molar-refractivity contribution in [2.24, 2.45) is 0 Å². The molecule has 0 bridgehead atoms. The lowest BCUT2D eigenvalue weighted by atomic mass is 10.2. The van der Waals surface area contributed by atoms with E-state index in [1.54, 1.807) is 67.6 Å². The van der Waals surface area contributed by atoms with Crippen molar-refractivity contribution < 1.29 is 42.7 Å². The van der Waals surface area contributed by atoms with Gasteiger partial charge in [-0.3, -0.25) is 28.7 Å². The molecule has 2 aromatic heterocycles. The Morgan fingerprint density at radius 1 is 0.708 bits per heavy atom. The predicted octanol–water partition coefficient (Wildman–Crippen LogP) is 5.44. The Balaban J connectivity index is 0.000000374. The molecule has 19 nitrogen and oxygen atoms in total. The van der Waals surface area contributed by atoms with Crippen molar-refractivity contribution in [1.82, 2.24) is 23.8 Å². The molecule has 3 N–H and O–H groups in total. The van der Waals surface area contributed by atoms with E-state index in [-0.39, 0.29) is 38.3 Å². The predicted molar refractivity (Wildman–Crippen MR) is 242 cm³/mol. The quantitative estimate of drug-likeness (QED) is 0.0450. The van der Waals surface area contributed by atoms with Gasteiger partial charge in [-0.05, 0) is 78.6 Å². The van der Waals surface area contributed by atoms with Crippen molar-refractivity contribution >= 4 is 20.5 Å². The van der Waals surface area contributed by atoms with Crippen molar-refractivity contribution in [2.75, 3.05) is 19.8 Å². The summed E-state index contributed by atoms with van der Waals surface area (Å²) in [6, 6.07) is 21.6. The molecule has 0 amide bonds. The third-order valence-electron chi connectivity index (χ3n) is 9.50. The van der Waals surface area contributed by atoms with Crippen LogP contribution in [0.25, 0.3) is 0 Å². The van der Waals surface area contributed by atoms with Crippen molar-refractivity contribution in [3.05, 3.63) is 138 Å². The molecule has 7 atom stereocenters. The van der Waals surface area contributed by atoms with E-state index in [9.17, 15) is 33.9 Å². The molecule has 0 saturated carbocycles. The van der Waals surface area contributed by atoms with Crippen LogP contribution in [0.2, 0.25) is 0 Å². The number of aliphatic hydroxyl groups is 1. The topological polar surface area (TPSA) is 246 Å². The van der Waals surface area contributed by atoms with E-state index in [1.165, 1.54) is 29.1 Å². The molecule has 2 aromatic carbocycles. The number of nitrogens with one attached hydrogen (secondary N) is 2. The molecular weight excluding hydrogens is 863 g/mol. The van der Waals surface area contributed by atoms with Crippen LogP contribution in [0.4, 0.5) is 0 Å². The maximum Gasteiger partial charge on any atom is 0.338 e. The Labute approximate surface area is 378 Å². The summed E-state index contributed by atoms with van der Waals surface area (Å²) in [6.07, 6.45) is -0.621. The number of H-pyrrole nitrogens is 2. The molecule has 354 valence electrons. The zero-order valence-electron chi connectivity index (χ0n) is 38.0. The van der Waals surface area contributed by atoms with Crippen molar-refractivity contribution in [3.8, 4) is 6.07 Å². The summed E-state index contributed by atoms with van der Waals surface area (Å²) in [5, 5.41) is 18.8. The molecule has 0 aliphatic rings. The maximum absolute atomic E-state index is 12.6. The van der Waals surface area contributed by atoms with Gasteiger partial charge in [-0.15, -0.1) is 0 Å². The van der Waals surface area contributed by atoms with Gasteiger partial charge in [0.25, 0.3) is 19.6 Å². The van der Waals surface area contributed by atoms with E-state index in [4.69, 9.17) is 33.3 Å². The molecular formula is C45H61N6O13P. The summed E-state index contributed by atoms with van der Waals surface area (Å²) in [5.74, 6) is -1.14. The smallest absolute Gasteiger partial charge is 0.338 e. The van der Waals surface area contributed by atoms with Crippen molar-refractivity contribution in [1.29, 1.82) is 5.26 Å². The van der Waals surface area contributed by atoms with E-state index < -0.39 is 79.8 Å². The van der Waals surface area contributed by atoms with Crippen LogP contribution < -0.4 is 22.5 Å². The highest BCUT2D eigenvalue weighted by molar-refractivity contribution is 7.44. The van der Waals surface area contributed by atoms with Gasteiger partial charge in [-0.2, -0.15) is 5.26 Å². The lowest BCUT2D eigenvalue weighted by Gasteiger charge is -2.38. The lowest BCUT2D eigenvalue weighted by Crippen LogP contribution is -2.40. The summed E-state index contributed by atoms with van der Waals surface area (Å²) in [5.41, 5.74) is -1.77. The standard InChI is InChI=1S/C27H39N4O7P.C18H22N2O6/c1-7-23(21(6)38-39(36-17-11-15-28)31(19(2)3)20(4)5)37-25(30-16-14-24(32)29-27(30)34)18-35-26(33)22-12-9-8-10-13-22;1-3-14(12(2)21)26-16(20-10-9-15(22)19-18(20)24)11-25-17(23)13-7-5-4-6-8-13/h8-10,12-14,16,19-21,23,25H,7,11,17-18H2,1-6H3,(H,29,32,34);4-10,12,14,16,21H,3,11H2,1-2H3,(H,19,22,24)/t21-,23?,25?,39?;12-,14?,16?/m11/s1. The van der Waals surface area contributed by atoms with Crippen molar-refractivity contribution in [2.45, 2.75) is 124 Å². The molecule has 0 fully saturated rings. The van der Waals surface area contributed by atoms with Crippen LogP contribution in [0.3, 0.4) is 0 Å². The van der Waals surface area contributed by atoms with Crippen LogP contribution >= 0.6 is 8.53 Å². The van der Waals surface area contributed by atoms with Gasteiger partial charge in [0.1, 0.15) is 13.2 Å². The van der Waals surface area contributed by atoms with Gasteiger partial charge in [0.2, 0.25) is 0 Å². The normalized spacial score (nSPS) is 14.6. The summed E-state index contributed by atoms with van der Waals surface area (Å²) >= 11 is 0. The summed E-state index contributed by atoms with van der Waals surface area (Å²) in [6.45, 7) is 15.0. The van der Waals surface area contributed by atoms with Crippen LogP contribution in [0.15, 0.2) is 104 Å². The average molecular weight is 925 g/mol. The lowest BCUT2D eigenvalue weighted by molar-refractivity contribution is -0.122. The third kappa shape index (κ3) is 17.4. The number of carbonyl (C=O) groups excluding carboxylic acids is 2. The molecule has 0 radical (unpaired) electrons. The molecule has 4 rings (SSSR count). The SMILES string of the molecule is CCC(OC(COC(=O)c1ccccc1)n1ccc(=O)[nH]c1=O)[C@@H](C)O.CCC(OC(COC(=O)c1ccccc1)n1ccc(=O)[nH]c1=O)[C@@H](C)OP(OCCC#N)N(C(C)C)C(C)C. The first-order valence-corrected chi connectivity index (χ1v) is 22.4. The number of carbonyl (C=O) groups is 2. The van der Waals surface area contributed by atoms with E-state index in [2.05, 4.69) is 20.7 Å².